The second-order valence-electron chi connectivity index (χ2n) is 7.14. The van der Waals surface area contributed by atoms with Crippen molar-refractivity contribution in [1.29, 1.82) is 0 Å². The minimum absolute atomic E-state index is 0.139. The van der Waals surface area contributed by atoms with Crippen molar-refractivity contribution in [3.05, 3.63) is 38.9 Å². The maximum atomic E-state index is 13.6. The van der Waals surface area contributed by atoms with E-state index in [9.17, 15) is 46.0 Å². The summed E-state index contributed by atoms with van der Waals surface area (Å²) in [6, 6.07) is 1.51. The molecule has 0 bridgehead atoms. The van der Waals surface area contributed by atoms with Crippen molar-refractivity contribution in [3.8, 4) is 11.5 Å². The molecule has 0 N–H and O–H groups in total. The number of esters is 1. The lowest BCUT2D eigenvalue weighted by atomic mass is 9.99. The Balaban J connectivity index is 2.19. The van der Waals surface area contributed by atoms with Gasteiger partial charge in [-0.2, -0.15) is 13.2 Å². The Kier molecular flexibility index (Phi) is 8.48. The smallest absolute Gasteiger partial charge is 0.475 e. The van der Waals surface area contributed by atoms with Gasteiger partial charge in [-0.1, -0.05) is 0 Å². The summed E-state index contributed by atoms with van der Waals surface area (Å²) in [4.78, 5) is 38.3. The van der Waals surface area contributed by atoms with E-state index in [0.29, 0.717) is 12.1 Å². The number of alkyl halides is 6. The predicted octanol–water partition coefficient (Wildman–Crippen LogP) is 4.24. The number of aryl methyl sites for hydroxylation is 1. The molecule has 0 saturated carbocycles. The summed E-state index contributed by atoms with van der Waals surface area (Å²) in [6.45, 7) is 2.65. The van der Waals surface area contributed by atoms with Gasteiger partial charge in [-0.25, -0.2) is 9.59 Å². The third-order valence-electron chi connectivity index (χ3n) is 4.11. The third kappa shape index (κ3) is 8.09. The fourth-order valence-corrected chi connectivity index (χ4v) is 2.84. The molecule has 11 nitrogen and oxygen atoms in total. The van der Waals surface area contributed by atoms with Crippen LogP contribution in [-0.4, -0.2) is 54.9 Å². The Morgan fingerprint density at radius 1 is 1.14 bits per heavy atom. The van der Waals surface area contributed by atoms with Crippen LogP contribution in [0.1, 0.15) is 25.0 Å². The highest BCUT2D eigenvalue weighted by atomic mass is 19.4. The normalized spacial score (nSPS) is 16.9. The zero-order chi connectivity index (χ0) is 27.4. The lowest BCUT2D eigenvalue weighted by Crippen LogP contribution is -2.41. The van der Waals surface area contributed by atoms with E-state index >= 15 is 0 Å². The molecule has 1 aromatic rings. The van der Waals surface area contributed by atoms with E-state index in [4.69, 9.17) is 4.74 Å². The van der Waals surface area contributed by atoms with Gasteiger partial charge in [-0.05, 0) is 37.6 Å². The molecule has 0 aliphatic carbocycles. The molecule has 2 rings (SSSR count). The molecule has 3 atom stereocenters. The average molecular weight is 533 g/mol. The van der Waals surface area contributed by atoms with Crippen LogP contribution >= 0.6 is 0 Å². The van der Waals surface area contributed by atoms with Crippen LogP contribution in [0.2, 0.25) is 0 Å². The standard InChI is InChI=1S/C19H17F6NO10/c1-8-4-12(35-19(23,24)25)5-11-6-13(15(18(20,21)22)34-14(8)11)16(27)32-10(3)33-17(28)31-7-9(2)36-26(29)30/h4-6,9-10,15H,7H2,1-3H3/t9?,10?,15-/m0/s1. The summed E-state index contributed by atoms with van der Waals surface area (Å²) in [6.07, 6.45) is -17.0. The van der Waals surface area contributed by atoms with Crippen LogP contribution < -0.4 is 9.47 Å². The molecule has 0 aromatic heterocycles. The van der Waals surface area contributed by atoms with Crippen LogP contribution in [0.15, 0.2) is 17.7 Å². The van der Waals surface area contributed by atoms with Gasteiger partial charge in [0.15, 0.2) is 0 Å². The van der Waals surface area contributed by atoms with Gasteiger partial charge in [-0.3, -0.25) is 0 Å². The fraction of sp³-hybridized carbons (Fsp3) is 0.474. The number of carbonyl (C=O) groups excluding carboxylic acids is 2. The van der Waals surface area contributed by atoms with Crippen molar-refractivity contribution >= 4 is 18.2 Å². The van der Waals surface area contributed by atoms with E-state index in [-0.39, 0.29) is 11.1 Å². The van der Waals surface area contributed by atoms with Gasteiger partial charge in [-0.15, -0.1) is 23.3 Å². The van der Waals surface area contributed by atoms with Gasteiger partial charge in [0.1, 0.15) is 24.2 Å². The maximum absolute atomic E-state index is 13.6. The second kappa shape index (κ2) is 10.8. The first-order valence-electron chi connectivity index (χ1n) is 9.67. The first kappa shape index (κ1) is 28.3. The number of ether oxygens (including phenoxy) is 5. The van der Waals surface area contributed by atoms with E-state index < -0.39 is 71.9 Å². The van der Waals surface area contributed by atoms with Crippen molar-refractivity contribution in [2.75, 3.05) is 6.61 Å². The molecule has 1 aliphatic heterocycles. The van der Waals surface area contributed by atoms with Gasteiger partial charge in [0.2, 0.25) is 12.4 Å². The van der Waals surface area contributed by atoms with E-state index in [1.165, 1.54) is 13.8 Å². The first-order valence-corrected chi connectivity index (χ1v) is 9.67. The van der Waals surface area contributed by atoms with Gasteiger partial charge in [0.25, 0.3) is 5.09 Å². The molecule has 0 amide bonds. The van der Waals surface area contributed by atoms with Gasteiger partial charge >= 0.3 is 24.7 Å². The molecule has 1 aliphatic rings. The van der Waals surface area contributed by atoms with Crippen molar-refractivity contribution in [1.82, 2.24) is 0 Å². The fourth-order valence-electron chi connectivity index (χ4n) is 2.84. The zero-order valence-corrected chi connectivity index (χ0v) is 18.5. The highest BCUT2D eigenvalue weighted by Gasteiger charge is 2.49. The number of benzene rings is 1. The monoisotopic (exact) mass is 533 g/mol. The Labute approximate surface area is 197 Å². The SMILES string of the molecule is Cc1cc(OC(F)(F)F)cc2c1O[C@H](C(F)(F)F)C(C(=O)OC(C)OC(=O)OCC(C)O[N+](=O)[O-])=C2. The lowest BCUT2D eigenvalue weighted by molar-refractivity contribution is -0.767. The van der Waals surface area contributed by atoms with Crippen molar-refractivity contribution in [2.45, 2.75) is 51.8 Å². The Bertz CT molecular complexity index is 1040. The number of nitrogens with zero attached hydrogens (tertiary/aromatic N) is 1. The van der Waals surface area contributed by atoms with Crippen molar-refractivity contribution in [3.63, 3.8) is 0 Å². The lowest BCUT2D eigenvalue weighted by Gasteiger charge is -2.29. The first-order chi connectivity index (χ1) is 16.5. The molecule has 0 saturated heterocycles. The van der Waals surface area contributed by atoms with Crippen LogP contribution in [0.4, 0.5) is 31.1 Å². The number of halogens is 6. The van der Waals surface area contributed by atoms with E-state index in [0.717, 1.165) is 13.0 Å². The second-order valence-corrected chi connectivity index (χ2v) is 7.14. The topological polar surface area (TPSA) is 133 Å². The quantitative estimate of drug-likeness (QED) is 0.157. The van der Waals surface area contributed by atoms with Gasteiger partial charge in [0.05, 0.1) is 5.57 Å². The van der Waals surface area contributed by atoms with E-state index in [2.05, 4.69) is 23.8 Å². The molecule has 1 aromatic carbocycles. The summed E-state index contributed by atoms with van der Waals surface area (Å²) in [5, 5.41) is 9.04. The van der Waals surface area contributed by atoms with Crippen LogP contribution in [0.3, 0.4) is 0 Å². The number of rotatable bonds is 8. The minimum atomic E-state index is -5.15. The average Bonchev–Trinajstić information content (AvgIpc) is 2.68. The van der Waals surface area contributed by atoms with Crippen molar-refractivity contribution < 1.29 is 69.5 Å². The molecular weight excluding hydrogens is 516 g/mol. The van der Waals surface area contributed by atoms with Crippen LogP contribution in [0.5, 0.6) is 11.5 Å². The van der Waals surface area contributed by atoms with Crippen molar-refractivity contribution in [2.24, 2.45) is 0 Å². The molecule has 1 heterocycles. The van der Waals surface area contributed by atoms with Crippen LogP contribution in [0.25, 0.3) is 6.08 Å². The summed E-state index contributed by atoms with van der Waals surface area (Å²) >= 11 is 0. The third-order valence-corrected chi connectivity index (χ3v) is 4.11. The van der Waals surface area contributed by atoms with Crippen LogP contribution in [0, 0.1) is 17.0 Å². The highest BCUT2D eigenvalue weighted by Crippen LogP contribution is 2.41. The molecule has 17 heteroatoms. The largest absolute Gasteiger partial charge is 0.573 e. The summed E-state index contributed by atoms with van der Waals surface area (Å²) in [5.74, 6) is -2.89. The number of carbonyl (C=O) groups is 2. The van der Waals surface area contributed by atoms with Gasteiger partial charge < -0.3 is 28.5 Å². The number of fused-ring (bicyclic) bond motifs is 1. The molecule has 0 spiro atoms. The number of hydrogen-bond donors (Lipinski definition) is 0. The minimum Gasteiger partial charge on any atom is -0.475 e. The highest BCUT2D eigenvalue weighted by molar-refractivity contribution is 5.96. The zero-order valence-electron chi connectivity index (χ0n) is 18.5. The maximum Gasteiger partial charge on any atom is 0.573 e. The summed E-state index contributed by atoms with van der Waals surface area (Å²) in [7, 11) is 0. The Morgan fingerprint density at radius 3 is 2.33 bits per heavy atom. The molecule has 200 valence electrons. The Morgan fingerprint density at radius 2 is 1.78 bits per heavy atom. The van der Waals surface area contributed by atoms with E-state index in [1.807, 2.05) is 0 Å². The molecule has 0 radical (unpaired) electrons. The molecule has 36 heavy (non-hydrogen) atoms. The molecule has 0 fully saturated rings. The molecule has 2 unspecified atom stereocenters. The van der Waals surface area contributed by atoms with Crippen LogP contribution in [-0.2, 0) is 23.8 Å². The van der Waals surface area contributed by atoms with E-state index in [1.54, 1.807) is 0 Å². The predicted molar refractivity (Wildman–Crippen MR) is 102 cm³/mol. The Hall–Kier alpha value is -3.92. The molecular formula is C19H17F6NO10. The number of hydrogen-bond acceptors (Lipinski definition) is 10. The van der Waals surface area contributed by atoms with Gasteiger partial charge in [0, 0.05) is 12.5 Å². The summed E-state index contributed by atoms with van der Waals surface area (Å²) < 4.78 is 101. The summed E-state index contributed by atoms with van der Waals surface area (Å²) in [5.41, 5.74) is -1.63.